The Kier molecular flexibility index (Phi) is 3.28. The van der Waals surface area contributed by atoms with E-state index in [9.17, 15) is 4.79 Å². The molecule has 1 aromatic rings. The lowest BCUT2D eigenvalue weighted by Crippen LogP contribution is -2.54. The molecule has 1 aromatic heterocycles. The van der Waals surface area contributed by atoms with Crippen molar-refractivity contribution in [3.63, 3.8) is 0 Å². The summed E-state index contributed by atoms with van der Waals surface area (Å²) in [5.74, 6) is -0.0721. The summed E-state index contributed by atoms with van der Waals surface area (Å²) >= 11 is 0. The second kappa shape index (κ2) is 4.70. The van der Waals surface area contributed by atoms with Crippen LogP contribution in [0.25, 0.3) is 0 Å². The van der Waals surface area contributed by atoms with Gasteiger partial charge < -0.3 is 5.73 Å². The van der Waals surface area contributed by atoms with E-state index in [0.29, 0.717) is 12.1 Å². The fraction of sp³-hybridized carbons (Fsp3) is 0.700. The average molecular weight is 238 g/mol. The van der Waals surface area contributed by atoms with Gasteiger partial charge in [-0.05, 0) is 26.7 Å². The first kappa shape index (κ1) is 11.8. The summed E-state index contributed by atoms with van der Waals surface area (Å²) in [6.45, 7) is 4.20. The van der Waals surface area contributed by atoms with E-state index >= 15 is 0 Å². The van der Waals surface area contributed by atoms with Gasteiger partial charge in [0.05, 0.1) is 0 Å². The molecule has 2 unspecified atom stereocenters. The molecule has 1 fully saturated rings. The van der Waals surface area contributed by atoms with Crippen molar-refractivity contribution in [1.29, 1.82) is 0 Å². The maximum atomic E-state index is 11.9. The molecule has 1 aliphatic rings. The van der Waals surface area contributed by atoms with Crippen LogP contribution in [0.4, 0.5) is 5.95 Å². The van der Waals surface area contributed by atoms with E-state index in [2.05, 4.69) is 34.5 Å². The smallest absolute Gasteiger partial charge is 0.302 e. The number of nitrogens with two attached hydrogens (primary N) is 1. The van der Waals surface area contributed by atoms with Crippen LogP contribution in [0.1, 0.15) is 43.7 Å². The van der Waals surface area contributed by atoms with Crippen LogP contribution in [0, 0.1) is 0 Å². The lowest BCUT2D eigenvalue weighted by molar-refractivity contribution is 0.0362. The molecule has 2 atom stereocenters. The number of nitrogens with one attached hydrogen (secondary N) is 2. The Bertz CT molecular complexity index is 393. The summed E-state index contributed by atoms with van der Waals surface area (Å²) in [6.07, 6.45) is 3.37. The summed E-state index contributed by atoms with van der Waals surface area (Å²) in [4.78, 5) is 15.7. The summed E-state index contributed by atoms with van der Waals surface area (Å²) < 4.78 is 0. The Morgan fingerprint density at radius 1 is 1.47 bits per heavy atom. The van der Waals surface area contributed by atoms with E-state index in [1.54, 1.807) is 0 Å². The van der Waals surface area contributed by atoms with Gasteiger partial charge in [0.15, 0.2) is 0 Å². The predicted octanol–water partition coefficient (Wildman–Crippen LogP) is 0.295. The van der Waals surface area contributed by atoms with E-state index in [4.69, 9.17) is 5.73 Å². The van der Waals surface area contributed by atoms with E-state index < -0.39 is 0 Å². The molecule has 0 saturated carbocycles. The first-order valence-electron chi connectivity index (χ1n) is 5.85. The molecule has 17 heavy (non-hydrogen) atoms. The minimum Gasteiger partial charge on any atom is -0.366 e. The topological polar surface area (TPSA) is 99.9 Å². The molecule has 1 saturated heterocycles. The van der Waals surface area contributed by atoms with Crippen molar-refractivity contribution in [2.75, 3.05) is 5.73 Å². The van der Waals surface area contributed by atoms with Gasteiger partial charge in [-0.15, -0.1) is 5.10 Å². The number of nitrogens with zero attached hydrogens (tertiary/aromatic N) is 3. The number of hydrogen-bond acceptors (Lipinski definition) is 5. The van der Waals surface area contributed by atoms with Crippen molar-refractivity contribution in [2.24, 2.45) is 0 Å². The Labute approximate surface area is 99.7 Å². The second-order valence-corrected chi connectivity index (χ2v) is 4.52. The molecular weight excluding hydrogens is 220 g/mol. The van der Waals surface area contributed by atoms with Crippen molar-refractivity contribution in [1.82, 2.24) is 25.6 Å². The molecule has 1 aliphatic heterocycles. The number of carbonyl (C=O) groups excluding carboxylic acids is 1. The summed E-state index contributed by atoms with van der Waals surface area (Å²) in [6, 6.07) is 0.672. The van der Waals surface area contributed by atoms with Crippen LogP contribution in [0.2, 0.25) is 0 Å². The highest BCUT2D eigenvalue weighted by atomic mass is 16.2. The Morgan fingerprint density at radius 3 is 2.65 bits per heavy atom. The minimum atomic E-state index is -0.296. The van der Waals surface area contributed by atoms with Gasteiger partial charge >= 0.3 is 5.91 Å². The van der Waals surface area contributed by atoms with Gasteiger partial charge in [-0.1, -0.05) is 6.42 Å². The molecule has 0 aromatic carbocycles. The van der Waals surface area contributed by atoms with Crippen LogP contribution >= 0.6 is 0 Å². The molecule has 7 nitrogen and oxygen atoms in total. The fourth-order valence-electron chi connectivity index (χ4n) is 2.19. The molecule has 0 radical (unpaired) electrons. The molecule has 7 heteroatoms. The number of piperidine rings is 1. The fourth-order valence-corrected chi connectivity index (χ4v) is 2.19. The highest BCUT2D eigenvalue weighted by Gasteiger charge is 2.27. The third-order valence-electron chi connectivity index (χ3n) is 3.14. The van der Waals surface area contributed by atoms with E-state index in [0.717, 1.165) is 12.8 Å². The van der Waals surface area contributed by atoms with E-state index in [1.807, 2.05) is 5.01 Å². The molecule has 2 heterocycles. The second-order valence-electron chi connectivity index (χ2n) is 4.52. The Balaban J connectivity index is 2.02. The number of aromatic amines is 1. The Morgan fingerprint density at radius 2 is 2.12 bits per heavy atom. The molecule has 94 valence electrons. The number of H-pyrrole nitrogens is 1. The first-order chi connectivity index (χ1) is 8.08. The lowest BCUT2D eigenvalue weighted by Gasteiger charge is -2.38. The number of hydrogen-bond donors (Lipinski definition) is 3. The number of amides is 1. The van der Waals surface area contributed by atoms with Gasteiger partial charge in [0.2, 0.25) is 11.8 Å². The third kappa shape index (κ3) is 2.55. The zero-order valence-corrected chi connectivity index (χ0v) is 10.1. The SMILES string of the molecule is CC1CCCC(C)N1NC(=O)c1nc(N)n[nH]1. The monoisotopic (exact) mass is 238 g/mol. The zero-order valence-electron chi connectivity index (χ0n) is 10.1. The van der Waals surface area contributed by atoms with Gasteiger partial charge in [0.1, 0.15) is 0 Å². The van der Waals surface area contributed by atoms with Crippen LogP contribution in [0.3, 0.4) is 0 Å². The van der Waals surface area contributed by atoms with Gasteiger partial charge in [0.25, 0.3) is 0 Å². The molecule has 0 aliphatic carbocycles. The van der Waals surface area contributed by atoms with Crippen LogP contribution in [-0.2, 0) is 0 Å². The zero-order chi connectivity index (χ0) is 12.4. The minimum absolute atomic E-state index is 0.0786. The molecule has 2 rings (SSSR count). The van der Waals surface area contributed by atoms with Crippen LogP contribution in [-0.4, -0.2) is 38.2 Å². The molecule has 1 amide bonds. The highest BCUT2D eigenvalue weighted by molar-refractivity contribution is 5.90. The van der Waals surface area contributed by atoms with Crippen molar-refractivity contribution in [2.45, 2.75) is 45.2 Å². The summed E-state index contributed by atoms with van der Waals surface area (Å²) in [7, 11) is 0. The van der Waals surface area contributed by atoms with Gasteiger partial charge in [-0.3, -0.25) is 15.3 Å². The standard InChI is InChI=1S/C10H18N6O/c1-6-4-3-5-7(2)16(6)15-9(17)8-12-10(11)14-13-8/h6-7H,3-5H2,1-2H3,(H,15,17)(H3,11,12,13,14). The van der Waals surface area contributed by atoms with Crippen LogP contribution < -0.4 is 11.2 Å². The van der Waals surface area contributed by atoms with Gasteiger partial charge in [0, 0.05) is 12.1 Å². The average Bonchev–Trinajstić information content (AvgIpc) is 2.70. The highest BCUT2D eigenvalue weighted by Crippen LogP contribution is 2.20. The first-order valence-corrected chi connectivity index (χ1v) is 5.85. The van der Waals surface area contributed by atoms with Gasteiger partial charge in [-0.25, -0.2) is 5.01 Å². The molecular formula is C10H18N6O. The largest absolute Gasteiger partial charge is 0.366 e. The van der Waals surface area contributed by atoms with E-state index in [1.165, 1.54) is 6.42 Å². The lowest BCUT2D eigenvalue weighted by atomic mass is 10.00. The van der Waals surface area contributed by atoms with Crippen molar-refractivity contribution < 1.29 is 4.79 Å². The van der Waals surface area contributed by atoms with Crippen LogP contribution in [0.5, 0.6) is 0 Å². The number of hydrazine groups is 1. The van der Waals surface area contributed by atoms with Crippen molar-refractivity contribution >= 4 is 11.9 Å². The normalized spacial score (nSPS) is 25.8. The van der Waals surface area contributed by atoms with Crippen LogP contribution in [0.15, 0.2) is 0 Å². The number of nitrogen functional groups attached to an aromatic ring is 1. The molecule has 0 bridgehead atoms. The number of rotatable bonds is 2. The number of carbonyl (C=O) groups is 1. The molecule has 4 N–H and O–H groups in total. The predicted molar refractivity (Wildman–Crippen MR) is 62.9 cm³/mol. The summed E-state index contributed by atoms with van der Waals surface area (Å²) in [5, 5.41) is 8.11. The van der Waals surface area contributed by atoms with E-state index in [-0.39, 0.29) is 17.7 Å². The van der Waals surface area contributed by atoms with Crippen molar-refractivity contribution in [3.8, 4) is 0 Å². The van der Waals surface area contributed by atoms with Gasteiger partial charge in [-0.2, -0.15) is 4.98 Å². The number of anilines is 1. The Hall–Kier alpha value is -1.63. The van der Waals surface area contributed by atoms with Crippen molar-refractivity contribution in [3.05, 3.63) is 5.82 Å². The summed E-state index contributed by atoms with van der Waals surface area (Å²) in [5.41, 5.74) is 8.21. The maximum absolute atomic E-state index is 11.9. The molecule has 0 spiro atoms. The third-order valence-corrected chi connectivity index (χ3v) is 3.14. The maximum Gasteiger partial charge on any atom is 0.302 e. The number of aromatic nitrogens is 3. The quantitative estimate of drug-likeness (QED) is 0.688.